The number of oxazole rings is 1. The van der Waals surface area contributed by atoms with Gasteiger partial charge in [-0.2, -0.15) is 0 Å². The molecule has 0 aliphatic rings. The van der Waals surface area contributed by atoms with Gasteiger partial charge in [0.2, 0.25) is 0 Å². The average Bonchev–Trinajstić information content (AvgIpc) is 2.45. The molecular formula is C7H4INO2. The molecule has 0 spiro atoms. The maximum atomic E-state index is 9.42. The van der Waals surface area contributed by atoms with Gasteiger partial charge in [-0.05, 0) is 34.7 Å². The van der Waals surface area contributed by atoms with Crippen molar-refractivity contribution in [2.45, 2.75) is 0 Å². The van der Waals surface area contributed by atoms with E-state index in [1.807, 2.05) is 22.6 Å². The van der Waals surface area contributed by atoms with Crippen LogP contribution >= 0.6 is 22.6 Å². The van der Waals surface area contributed by atoms with Gasteiger partial charge < -0.3 is 9.52 Å². The third-order valence-electron chi connectivity index (χ3n) is 1.43. The first-order valence-corrected chi connectivity index (χ1v) is 4.07. The van der Waals surface area contributed by atoms with Crippen molar-refractivity contribution in [3.63, 3.8) is 0 Å². The van der Waals surface area contributed by atoms with Crippen molar-refractivity contribution in [3.05, 3.63) is 22.1 Å². The number of benzene rings is 1. The highest BCUT2D eigenvalue weighted by atomic mass is 127. The quantitative estimate of drug-likeness (QED) is 0.739. The number of hydrogen-bond donors (Lipinski definition) is 1. The van der Waals surface area contributed by atoms with E-state index in [-0.39, 0.29) is 5.75 Å². The van der Waals surface area contributed by atoms with E-state index in [1.165, 1.54) is 6.39 Å². The molecular weight excluding hydrogens is 257 g/mol. The van der Waals surface area contributed by atoms with Gasteiger partial charge >= 0.3 is 0 Å². The van der Waals surface area contributed by atoms with Gasteiger partial charge in [0.25, 0.3) is 0 Å². The zero-order valence-corrected chi connectivity index (χ0v) is 7.57. The third kappa shape index (κ3) is 0.973. The summed E-state index contributed by atoms with van der Waals surface area (Å²) in [6.45, 7) is 0. The number of halogens is 1. The molecule has 1 heterocycles. The van der Waals surface area contributed by atoms with Gasteiger partial charge in [0.15, 0.2) is 23.2 Å². The van der Waals surface area contributed by atoms with Gasteiger partial charge in [-0.15, -0.1) is 0 Å². The summed E-state index contributed by atoms with van der Waals surface area (Å²) in [5, 5.41) is 9.42. The lowest BCUT2D eigenvalue weighted by molar-refractivity contribution is 0.476. The van der Waals surface area contributed by atoms with Crippen molar-refractivity contribution < 1.29 is 9.52 Å². The predicted octanol–water partition coefficient (Wildman–Crippen LogP) is 2.14. The summed E-state index contributed by atoms with van der Waals surface area (Å²) >= 11 is 2.04. The second-order valence-corrected chi connectivity index (χ2v) is 3.26. The van der Waals surface area contributed by atoms with Crippen LogP contribution in [-0.2, 0) is 0 Å². The molecule has 4 heteroatoms. The Kier molecular flexibility index (Phi) is 1.49. The fourth-order valence-electron chi connectivity index (χ4n) is 0.892. The van der Waals surface area contributed by atoms with Crippen LogP contribution in [0.3, 0.4) is 0 Å². The van der Waals surface area contributed by atoms with Crippen molar-refractivity contribution in [2.75, 3.05) is 0 Å². The van der Waals surface area contributed by atoms with Crippen LogP contribution in [0.15, 0.2) is 22.9 Å². The summed E-state index contributed by atoms with van der Waals surface area (Å²) in [5.41, 5.74) is 1.14. The van der Waals surface area contributed by atoms with Crippen molar-refractivity contribution in [1.29, 1.82) is 0 Å². The van der Waals surface area contributed by atoms with Crippen molar-refractivity contribution in [3.8, 4) is 5.75 Å². The van der Waals surface area contributed by atoms with Crippen molar-refractivity contribution in [1.82, 2.24) is 4.98 Å². The number of phenols is 1. The molecule has 0 atom stereocenters. The highest BCUT2D eigenvalue weighted by Gasteiger charge is 2.06. The minimum atomic E-state index is 0.192. The van der Waals surface area contributed by atoms with Crippen LogP contribution < -0.4 is 0 Å². The van der Waals surface area contributed by atoms with Gasteiger partial charge in [0.05, 0.1) is 3.57 Å². The van der Waals surface area contributed by atoms with E-state index in [2.05, 4.69) is 4.98 Å². The largest absolute Gasteiger partial charge is 0.505 e. The summed E-state index contributed by atoms with van der Waals surface area (Å²) in [7, 11) is 0. The van der Waals surface area contributed by atoms with E-state index in [1.54, 1.807) is 12.1 Å². The lowest BCUT2D eigenvalue weighted by Crippen LogP contribution is -1.74. The average molecular weight is 261 g/mol. The molecule has 1 aromatic heterocycles. The molecule has 0 radical (unpaired) electrons. The molecule has 0 unspecified atom stereocenters. The maximum absolute atomic E-state index is 9.42. The number of hydrogen-bond acceptors (Lipinski definition) is 3. The molecule has 0 aliphatic heterocycles. The first kappa shape index (κ1) is 6.90. The minimum absolute atomic E-state index is 0.192. The van der Waals surface area contributed by atoms with Crippen LogP contribution in [0, 0.1) is 3.57 Å². The molecule has 0 bridgehead atoms. The van der Waals surface area contributed by atoms with E-state index in [0.29, 0.717) is 11.1 Å². The molecule has 3 nitrogen and oxygen atoms in total. The number of phenolic OH excluding ortho intramolecular Hbond substituents is 1. The molecule has 0 amide bonds. The van der Waals surface area contributed by atoms with Crippen LogP contribution in [0.5, 0.6) is 5.75 Å². The lowest BCUT2D eigenvalue weighted by Gasteiger charge is -1.93. The van der Waals surface area contributed by atoms with Crippen molar-refractivity contribution >= 4 is 33.7 Å². The highest BCUT2D eigenvalue weighted by Crippen LogP contribution is 2.27. The van der Waals surface area contributed by atoms with Gasteiger partial charge in [0.1, 0.15) is 0 Å². The minimum Gasteiger partial charge on any atom is -0.505 e. The molecule has 1 aromatic carbocycles. The summed E-state index contributed by atoms with van der Waals surface area (Å²) < 4.78 is 5.76. The lowest BCUT2D eigenvalue weighted by atomic mass is 10.3. The predicted molar refractivity (Wildman–Crippen MR) is 48.4 cm³/mol. The molecule has 1 N–H and O–H groups in total. The number of aromatic nitrogens is 1. The summed E-state index contributed by atoms with van der Waals surface area (Å²) in [4.78, 5) is 3.86. The Morgan fingerprint density at radius 3 is 3.09 bits per heavy atom. The summed E-state index contributed by atoms with van der Waals surface area (Å²) in [5.74, 6) is 0.192. The van der Waals surface area contributed by atoms with Crippen LogP contribution in [0.2, 0.25) is 0 Å². The molecule has 11 heavy (non-hydrogen) atoms. The molecule has 2 aromatic rings. The van der Waals surface area contributed by atoms with Crippen LogP contribution in [0.1, 0.15) is 0 Å². The molecule has 0 fully saturated rings. The normalized spacial score (nSPS) is 10.6. The van der Waals surface area contributed by atoms with Gasteiger partial charge in [-0.1, -0.05) is 0 Å². The number of aromatic hydroxyl groups is 1. The molecule has 0 saturated carbocycles. The van der Waals surface area contributed by atoms with E-state index >= 15 is 0 Å². The number of fused-ring (bicyclic) bond motifs is 1. The summed E-state index contributed by atoms with van der Waals surface area (Å²) in [6.07, 6.45) is 1.32. The molecule has 0 aliphatic carbocycles. The van der Waals surface area contributed by atoms with E-state index < -0.39 is 0 Å². The zero-order chi connectivity index (χ0) is 7.84. The zero-order valence-electron chi connectivity index (χ0n) is 5.41. The van der Waals surface area contributed by atoms with Gasteiger partial charge in [0, 0.05) is 0 Å². The Labute approximate surface area is 76.2 Å². The number of rotatable bonds is 0. The van der Waals surface area contributed by atoms with Crippen LogP contribution in [0.25, 0.3) is 11.1 Å². The molecule has 0 saturated heterocycles. The molecule has 56 valence electrons. The third-order valence-corrected chi connectivity index (χ3v) is 2.30. The number of nitrogens with zero attached hydrogens (tertiary/aromatic N) is 1. The standard InChI is InChI=1S/C7H4INO2/c8-4-1-2-5-6(7(4)10)9-3-11-5/h1-3,10H. The second kappa shape index (κ2) is 2.37. The van der Waals surface area contributed by atoms with E-state index in [4.69, 9.17) is 4.42 Å². The van der Waals surface area contributed by atoms with Gasteiger partial charge in [-0.3, -0.25) is 0 Å². The Hall–Kier alpha value is -0.780. The Balaban J connectivity index is 2.93. The Bertz CT molecular complexity index is 396. The van der Waals surface area contributed by atoms with E-state index in [9.17, 15) is 5.11 Å². The summed E-state index contributed by atoms with van der Waals surface area (Å²) in [6, 6.07) is 3.56. The SMILES string of the molecule is Oc1c(I)ccc2ocnc12. The van der Waals surface area contributed by atoms with E-state index in [0.717, 1.165) is 3.57 Å². The topological polar surface area (TPSA) is 46.3 Å². The Morgan fingerprint density at radius 2 is 2.27 bits per heavy atom. The fraction of sp³-hybridized carbons (Fsp3) is 0. The first-order valence-electron chi connectivity index (χ1n) is 2.99. The van der Waals surface area contributed by atoms with Gasteiger partial charge in [-0.25, -0.2) is 4.98 Å². The van der Waals surface area contributed by atoms with Crippen LogP contribution in [0.4, 0.5) is 0 Å². The maximum Gasteiger partial charge on any atom is 0.182 e. The second-order valence-electron chi connectivity index (χ2n) is 2.10. The monoisotopic (exact) mass is 261 g/mol. The van der Waals surface area contributed by atoms with Crippen molar-refractivity contribution in [2.24, 2.45) is 0 Å². The highest BCUT2D eigenvalue weighted by molar-refractivity contribution is 14.1. The smallest absolute Gasteiger partial charge is 0.182 e. The Morgan fingerprint density at radius 1 is 1.45 bits per heavy atom. The fourth-order valence-corrected chi connectivity index (χ4v) is 1.33. The van der Waals surface area contributed by atoms with Crippen LogP contribution in [-0.4, -0.2) is 10.1 Å². The first-order chi connectivity index (χ1) is 5.29. The molecule has 2 rings (SSSR count).